The Labute approximate surface area is 381 Å². The van der Waals surface area contributed by atoms with Gasteiger partial charge in [0.15, 0.2) is 6.10 Å². The third-order valence-corrected chi connectivity index (χ3v) is 9.66. The zero-order valence-electron chi connectivity index (χ0n) is 39.8. The number of hydrogen-bond donors (Lipinski definition) is 0. The van der Waals surface area contributed by atoms with E-state index in [-0.39, 0.29) is 25.2 Å². The lowest BCUT2D eigenvalue weighted by molar-refractivity contribution is -0.163. The van der Waals surface area contributed by atoms with Crippen molar-refractivity contribution in [3.8, 4) is 0 Å². The average molecular weight is 855 g/mol. The fourth-order valence-electron chi connectivity index (χ4n) is 6.09. The van der Waals surface area contributed by atoms with Crippen LogP contribution in [-0.4, -0.2) is 37.9 Å². The minimum atomic E-state index is -0.586. The number of unbranched alkanes of at least 4 members (excludes halogenated alkanes) is 10. The summed E-state index contributed by atoms with van der Waals surface area (Å²) >= 11 is 0. The van der Waals surface area contributed by atoms with Crippen molar-refractivity contribution < 1.29 is 23.8 Å². The Bertz CT molecular complexity index is 1330. The van der Waals surface area contributed by atoms with Gasteiger partial charge >= 0.3 is 11.9 Å². The van der Waals surface area contributed by atoms with Crippen LogP contribution in [0.25, 0.3) is 0 Å². The highest BCUT2D eigenvalue weighted by molar-refractivity contribution is 5.70. The minimum Gasteiger partial charge on any atom is -0.462 e. The van der Waals surface area contributed by atoms with Gasteiger partial charge in [-0.05, 0) is 128 Å². The molecule has 0 aliphatic rings. The van der Waals surface area contributed by atoms with Crippen LogP contribution >= 0.6 is 0 Å². The predicted octanol–water partition coefficient (Wildman–Crippen LogP) is 16.8. The summed E-state index contributed by atoms with van der Waals surface area (Å²) in [5.74, 6) is -0.494. The average Bonchev–Trinajstić information content (AvgIpc) is 3.27. The van der Waals surface area contributed by atoms with E-state index in [9.17, 15) is 9.59 Å². The number of hydrogen-bond acceptors (Lipinski definition) is 5. The molecule has 0 heterocycles. The van der Waals surface area contributed by atoms with Gasteiger partial charge in [-0.2, -0.15) is 0 Å². The summed E-state index contributed by atoms with van der Waals surface area (Å²) in [7, 11) is 0. The summed E-state index contributed by atoms with van der Waals surface area (Å²) in [6.07, 6.45) is 73.2. The fraction of sp³-hybridized carbons (Fsp3) is 0.579. The molecule has 0 aromatic carbocycles. The number of esters is 2. The van der Waals surface area contributed by atoms with Gasteiger partial charge < -0.3 is 14.2 Å². The molecule has 0 bridgehead atoms. The quantitative estimate of drug-likeness (QED) is 0.0347. The topological polar surface area (TPSA) is 61.8 Å². The first kappa shape index (κ1) is 58.0. The smallest absolute Gasteiger partial charge is 0.306 e. The van der Waals surface area contributed by atoms with Gasteiger partial charge in [-0.3, -0.25) is 9.59 Å². The summed E-state index contributed by atoms with van der Waals surface area (Å²) in [5, 5.41) is 0. The Hall–Kier alpha value is -3.96. The molecule has 5 nitrogen and oxygen atoms in total. The maximum absolute atomic E-state index is 12.8. The number of carbonyl (C=O) groups excluding carboxylic acids is 2. The standard InChI is InChI=1S/C57H90O5/c1-4-7-10-13-16-19-22-25-27-28-29-30-31-33-35-38-41-44-47-50-56(58)61-54-55(53-60-52-49-46-43-40-37-34-26-23-20-17-14-11-8-5-2)62-57(59)51-48-45-42-39-36-32-24-21-18-15-12-9-6-3/h7-12,16-21,25-27,29-30,32-36,55H,4-6,13-15,22-24,28,31,37-54H2,1-3H3/b10-7-,11-8-,12-9-,19-16-,20-17-,21-18-,27-25-,30-29-,34-26-,35-33-,36-32-. The maximum Gasteiger partial charge on any atom is 0.306 e. The molecule has 0 saturated heterocycles. The molecule has 0 fully saturated rings. The molecule has 0 aliphatic heterocycles. The predicted molar refractivity (Wildman–Crippen MR) is 269 cm³/mol. The minimum absolute atomic E-state index is 0.0374. The molecule has 0 N–H and O–H groups in total. The van der Waals surface area contributed by atoms with Gasteiger partial charge in [-0.1, -0.05) is 180 Å². The molecular weight excluding hydrogens is 765 g/mol. The SMILES string of the molecule is CC/C=C\C/C=C\C/C=C\C/C=C\C/C=C\CCCCCC(=O)OCC(COCCCCCC/C=C\C/C=C\C/C=C\CC)OC(=O)CCCCC/C=C\C/C=C\C/C=C\CC. The van der Waals surface area contributed by atoms with Gasteiger partial charge in [0.05, 0.1) is 6.61 Å². The second-order valence-electron chi connectivity index (χ2n) is 15.6. The Morgan fingerprint density at radius 3 is 1.06 bits per heavy atom. The van der Waals surface area contributed by atoms with Crippen molar-refractivity contribution in [1.29, 1.82) is 0 Å². The molecule has 0 spiro atoms. The zero-order valence-corrected chi connectivity index (χ0v) is 39.8. The van der Waals surface area contributed by atoms with Crippen LogP contribution in [0.4, 0.5) is 0 Å². The van der Waals surface area contributed by atoms with Crippen LogP contribution in [-0.2, 0) is 23.8 Å². The van der Waals surface area contributed by atoms with Gasteiger partial charge in [0, 0.05) is 19.4 Å². The first-order valence-electron chi connectivity index (χ1n) is 24.7. The van der Waals surface area contributed by atoms with Crippen LogP contribution in [0.2, 0.25) is 0 Å². The molecule has 0 aromatic rings. The zero-order chi connectivity index (χ0) is 44.9. The summed E-state index contributed by atoms with van der Waals surface area (Å²) in [6.45, 7) is 7.34. The number of allylic oxidation sites excluding steroid dienone is 22. The van der Waals surface area contributed by atoms with Crippen LogP contribution < -0.4 is 0 Å². The molecule has 0 aromatic heterocycles. The number of rotatable bonds is 43. The van der Waals surface area contributed by atoms with Crippen molar-refractivity contribution in [2.45, 2.75) is 194 Å². The largest absolute Gasteiger partial charge is 0.462 e. The molecule has 0 rings (SSSR count). The monoisotopic (exact) mass is 855 g/mol. The fourth-order valence-corrected chi connectivity index (χ4v) is 6.09. The van der Waals surface area contributed by atoms with Crippen LogP contribution in [0, 0.1) is 0 Å². The van der Waals surface area contributed by atoms with E-state index >= 15 is 0 Å². The highest BCUT2D eigenvalue weighted by Crippen LogP contribution is 2.11. The van der Waals surface area contributed by atoms with Gasteiger partial charge in [-0.15, -0.1) is 0 Å². The summed E-state index contributed by atoms with van der Waals surface area (Å²) in [6, 6.07) is 0. The molecule has 0 radical (unpaired) electrons. The highest BCUT2D eigenvalue weighted by atomic mass is 16.6. The first-order chi connectivity index (χ1) is 30.6. The lowest BCUT2D eigenvalue weighted by Crippen LogP contribution is -2.30. The molecule has 1 unspecified atom stereocenters. The molecule has 0 aliphatic carbocycles. The van der Waals surface area contributed by atoms with E-state index in [1.165, 1.54) is 6.42 Å². The normalized spacial score (nSPS) is 13.4. The number of carbonyl (C=O) groups is 2. The van der Waals surface area contributed by atoms with Gasteiger partial charge in [0.2, 0.25) is 0 Å². The van der Waals surface area contributed by atoms with Crippen LogP contribution in [0.5, 0.6) is 0 Å². The molecular formula is C57H90O5. The molecule has 348 valence electrons. The van der Waals surface area contributed by atoms with Crippen LogP contribution in [0.15, 0.2) is 134 Å². The van der Waals surface area contributed by atoms with Crippen molar-refractivity contribution >= 4 is 11.9 Å². The van der Waals surface area contributed by atoms with E-state index < -0.39 is 6.10 Å². The molecule has 0 saturated carbocycles. The highest BCUT2D eigenvalue weighted by Gasteiger charge is 2.17. The third kappa shape index (κ3) is 48.7. The Morgan fingerprint density at radius 1 is 0.355 bits per heavy atom. The Morgan fingerprint density at radius 2 is 0.677 bits per heavy atom. The van der Waals surface area contributed by atoms with Gasteiger partial charge in [-0.25, -0.2) is 0 Å². The Balaban J connectivity index is 4.43. The summed E-state index contributed by atoms with van der Waals surface area (Å²) < 4.78 is 17.3. The van der Waals surface area contributed by atoms with Crippen LogP contribution in [0.3, 0.4) is 0 Å². The van der Waals surface area contributed by atoms with Crippen molar-refractivity contribution in [3.63, 3.8) is 0 Å². The van der Waals surface area contributed by atoms with Crippen molar-refractivity contribution in [3.05, 3.63) is 134 Å². The van der Waals surface area contributed by atoms with Gasteiger partial charge in [0.1, 0.15) is 6.61 Å². The van der Waals surface area contributed by atoms with Crippen molar-refractivity contribution in [1.82, 2.24) is 0 Å². The van der Waals surface area contributed by atoms with E-state index in [1.54, 1.807) is 0 Å². The summed E-state index contributed by atoms with van der Waals surface area (Å²) in [4.78, 5) is 25.3. The van der Waals surface area contributed by atoms with E-state index in [0.29, 0.717) is 19.4 Å². The van der Waals surface area contributed by atoms with E-state index in [1.807, 2.05) is 0 Å². The molecule has 62 heavy (non-hydrogen) atoms. The second kappa shape index (κ2) is 51.4. The maximum atomic E-state index is 12.8. The molecule has 0 amide bonds. The van der Waals surface area contributed by atoms with Crippen molar-refractivity contribution in [2.75, 3.05) is 19.8 Å². The third-order valence-electron chi connectivity index (χ3n) is 9.66. The Kier molecular flexibility index (Phi) is 48.1. The van der Waals surface area contributed by atoms with E-state index in [0.717, 1.165) is 148 Å². The lowest BCUT2D eigenvalue weighted by atomic mass is 10.1. The van der Waals surface area contributed by atoms with Crippen molar-refractivity contribution in [2.24, 2.45) is 0 Å². The first-order valence-corrected chi connectivity index (χ1v) is 24.7. The van der Waals surface area contributed by atoms with E-state index in [2.05, 4.69) is 154 Å². The molecule has 5 heteroatoms. The second-order valence-corrected chi connectivity index (χ2v) is 15.6. The lowest BCUT2D eigenvalue weighted by Gasteiger charge is -2.18. The van der Waals surface area contributed by atoms with Gasteiger partial charge in [0.25, 0.3) is 0 Å². The summed E-state index contributed by atoms with van der Waals surface area (Å²) in [5.41, 5.74) is 0. The molecule has 1 atom stereocenters. The number of ether oxygens (including phenoxy) is 3. The van der Waals surface area contributed by atoms with Crippen LogP contribution in [0.1, 0.15) is 188 Å². The van der Waals surface area contributed by atoms with E-state index in [4.69, 9.17) is 14.2 Å².